The van der Waals surface area contributed by atoms with Gasteiger partial charge in [-0.25, -0.2) is 8.42 Å². The topological polar surface area (TPSA) is 69.7 Å². The van der Waals surface area contributed by atoms with E-state index in [4.69, 9.17) is 0 Å². The van der Waals surface area contributed by atoms with Crippen molar-refractivity contribution in [3.63, 3.8) is 0 Å². The third-order valence-corrected chi connectivity index (χ3v) is 9.57. The Kier molecular flexibility index (Phi) is 8.13. The van der Waals surface area contributed by atoms with Gasteiger partial charge in [0.05, 0.1) is 4.90 Å². The summed E-state index contributed by atoms with van der Waals surface area (Å²) in [6.07, 6.45) is 7.76. The highest BCUT2D eigenvalue weighted by molar-refractivity contribution is 7.89. The Labute approximate surface area is 200 Å². The molecule has 0 bridgehead atoms. The number of aryl methyl sites for hydroxylation is 2. The molecule has 0 saturated carbocycles. The molecule has 2 fully saturated rings. The smallest absolute Gasteiger partial charge is 0.243 e. The Morgan fingerprint density at radius 2 is 1.73 bits per heavy atom. The van der Waals surface area contributed by atoms with Crippen LogP contribution in [0.1, 0.15) is 63.5 Å². The van der Waals surface area contributed by atoms with E-state index in [1.165, 1.54) is 30.6 Å². The first-order valence-corrected chi connectivity index (χ1v) is 14.4. The lowest BCUT2D eigenvalue weighted by Gasteiger charge is -2.35. The van der Waals surface area contributed by atoms with E-state index in [1.54, 1.807) is 10.4 Å². The lowest BCUT2D eigenvalue weighted by atomic mass is 9.92. The van der Waals surface area contributed by atoms with Crippen LogP contribution in [0.15, 0.2) is 23.1 Å². The number of amides is 1. The van der Waals surface area contributed by atoms with Crippen LogP contribution >= 0.6 is 0 Å². The van der Waals surface area contributed by atoms with Gasteiger partial charge in [0, 0.05) is 38.6 Å². The zero-order valence-corrected chi connectivity index (χ0v) is 21.2. The lowest BCUT2D eigenvalue weighted by molar-refractivity contribution is -0.126. The van der Waals surface area contributed by atoms with Gasteiger partial charge in [0.2, 0.25) is 15.9 Å². The monoisotopic (exact) mass is 475 g/mol. The molecule has 1 amide bonds. The molecule has 6 nitrogen and oxygen atoms in total. The van der Waals surface area contributed by atoms with Crippen molar-refractivity contribution in [2.75, 3.05) is 39.3 Å². The molecule has 1 N–H and O–H groups in total. The molecule has 1 aliphatic carbocycles. The van der Waals surface area contributed by atoms with E-state index in [0.29, 0.717) is 37.4 Å². The number of piperidine rings is 2. The van der Waals surface area contributed by atoms with Crippen molar-refractivity contribution in [1.29, 1.82) is 0 Å². The average Bonchev–Trinajstić information content (AvgIpc) is 3.26. The van der Waals surface area contributed by atoms with E-state index in [-0.39, 0.29) is 11.8 Å². The average molecular weight is 476 g/mol. The van der Waals surface area contributed by atoms with Crippen LogP contribution in [0.4, 0.5) is 0 Å². The molecule has 1 aromatic carbocycles. The summed E-state index contributed by atoms with van der Waals surface area (Å²) in [5.41, 5.74) is 2.46. The Hall–Kier alpha value is -1.44. The third kappa shape index (κ3) is 6.17. The zero-order chi connectivity index (χ0) is 23.4. The van der Waals surface area contributed by atoms with E-state index in [0.717, 1.165) is 50.5 Å². The number of nitrogens with zero attached hydrogens (tertiary/aromatic N) is 2. The molecule has 0 unspecified atom stereocenters. The molecule has 0 spiro atoms. The highest BCUT2D eigenvalue weighted by Gasteiger charge is 2.32. The molecule has 4 rings (SSSR count). The maximum Gasteiger partial charge on any atom is 0.243 e. The molecular weight excluding hydrogens is 434 g/mol. The number of carbonyl (C=O) groups is 1. The van der Waals surface area contributed by atoms with Gasteiger partial charge in [0.25, 0.3) is 0 Å². The van der Waals surface area contributed by atoms with Crippen LogP contribution in [0.5, 0.6) is 0 Å². The van der Waals surface area contributed by atoms with E-state index in [2.05, 4.69) is 24.1 Å². The first-order valence-electron chi connectivity index (χ1n) is 12.9. The molecule has 0 aromatic heterocycles. The number of likely N-dealkylation sites (tertiary alicyclic amines) is 1. The Morgan fingerprint density at radius 1 is 1.03 bits per heavy atom. The van der Waals surface area contributed by atoms with E-state index < -0.39 is 10.0 Å². The summed E-state index contributed by atoms with van der Waals surface area (Å²) >= 11 is 0. The maximum atomic E-state index is 13.1. The molecule has 2 saturated heterocycles. The van der Waals surface area contributed by atoms with Gasteiger partial charge in [-0.2, -0.15) is 4.31 Å². The minimum absolute atomic E-state index is 0.0831. The van der Waals surface area contributed by atoms with Crippen LogP contribution in [-0.2, 0) is 27.7 Å². The molecule has 2 aliphatic heterocycles. The number of unbranched alkanes of at least 4 members (excludes halogenated alkanes) is 1. The number of nitrogens with one attached hydrogen (secondary N) is 1. The maximum absolute atomic E-state index is 13.1. The summed E-state index contributed by atoms with van der Waals surface area (Å²) in [6.45, 7) is 9.74. The number of rotatable bonds is 8. The lowest BCUT2D eigenvalue weighted by Crippen LogP contribution is -2.43. The van der Waals surface area contributed by atoms with E-state index in [1.807, 2.05) is 12.1 Å². The number of benzene rings is 1. The predicted octanol–water partition coefficient (Wildman–Crippen LogP) is 3.45. The second-order valence-electron chi connectivity index (χ2n) is 10.7. The molecule has 2 atom stereocenters. The molecule has 1 aromatic rings. The Balaban J connectivity index is 1.17. The van der Waals surface area contributed by atoms with Crippen LogP contribution in [-0.4, -0.2) is 62.8 Å². The molecule has 2 heterocycles. The standard InChI is InChI=1S/C26H41N3O3S/c1-20-16-21(2)19-28(18-20)13-4-3-12-27-26(30)23-10-14-29(15-11-23)33(31,32)25-9-8-22-6-5-7-24(22)17-25/h8-9,17,20-21,23H,3-7,10-16,18-19H2,1-2H3,(H,27,30)/t20-,21-/m1/s1. The zero-order valence-electron chi connectivity index (χ0n) is 20.4. The molecule has 33 heavy (non-hydrogen) atoms. The number of sulfonamides is 1. The highest BCUT2D eigenvalue weighted by atomic mass is 32.2. The summed E-state index contributed by atoms with van der Waals surface area (Å²) in [6, 6.07) is 5.59. The van der Waals surface area contributed by atoms with E-state index in [9.17, 15) is 13.2 Å². The van der Waals surface area contributed by atoms with Crippen molar-refractivity contribution in [2.45, 2.75) is 70.1 Å². The summed E-state index contributed by atoms with van der Waals surface area (Å²) in [4.78, 5) is 15.6. The number of fused-ring (bicyclic) bond motifs is 1. The fraction of sp³-hybridized carbons (Fsp3) is 0.731. The summed E-state index contributed by atoms with van der Waals surface area (Å²) < 4.78 is 27.8. The largest absolute Gasteiger partial charge is 0.356 e. The van der Waals surface area contributed by atoms with Crippen LogP contribution in [0.3, 0.4) is 0 Å². The summed E-state index contributed by atoms with van der Waals surface area (Å²) in [7, 11) is -3.48. The third-order valence-electron chi connectivity index (χ3n) is 7.68. The van der Waals surface area contributed by atoms with Gasteiger partial charge >= 0.3 is 0 Å². The highest BCUT2D eigenvalue weighted by Crippen LogP contribution is 2.28. The van der Waals surface area contributed by atoms with Crippen molar-refractivity contribution in [1.82, 2.24) is 14.5 Å². The van der Waals surface area contributed by atoms with Crippen molar-refractivity contribution in [3.8, 4) is 0 Å². The van der Waals surface area contributed by atoms with Crippen LogP contribution in [0, 0.1) is 17.8 Å². The van der Waals surface area contributed by atoms with Gasteiger partial charge in [0.1, 0.15) is 0 Å². The molecule has 184 valence electrons. The number of carbonyl (C=O) groups excluding carboxylic acids is 1. The number of hydrogen-bond donors (Lipinski definition) is 1. The predicted molar refractivity (Wildman–Crippen MR) is 132 cm³/mol. The van der Waals surface area contributed by atoms with Gasteiger partial charge in [-0.15, -0.1) is 0 Å². The Morgan fingerprint density at radius 3 is 2.45 bits per heavy atom. The minimum Gasteiger partial charge on any atom is -0.356 e. The quantitative estimate of drug-likeness (QED) is 0.585. The molecule has 3 aliphatic rings. The Bertz CT molecular complexity index is 915. The van der Waals surface area contributed by atoms with Gasteiger partial charge in [-0.05, 0) is 93.0 Å². The van der Waals surface area contributed by atoms with Crippen molar-refractivity contribution in [3.05, 3.63) is 29.3 Å². The summed E-state index contributed by atoms with van der Waals surface area (Å²) in [5.74, 6) is 1.57. The second kappa shape index (κ2) is 10.9. The minimum atomic E-state index is -3.48. The molecular formula is C26H41N3O3S. The van der Waals surface area contributed by atoms with Crippen LogP contribution < -0.4 is 5.32 Å². The van der Waals surface area contributed by atoms with Crippen molar-refractivity contribution in [2.24, 2.45) is 17.8 Å². The normalized spacial score (nSPS) is 25.2. The summed E-state index contributed by atoms with van der Waals surface area (Å²) in [5, 5.41) is 3.10. The number of hydrogen-bond acceptors (Lipinski definition) is 4. The van der Waals surface area contributed by atoms with Crippen LogP contribution in [0.25, 0.3) is 0 Å². The first kappa shape index (κ1) is 24.7. The fourth-order valence-corrected chi connectivity index (χ4v) is 7.53. The van der Waals surface area contributed by atoms with Gasteiger partial charge in [-0.1, -0.05) is 19.9 Å². The van der Waals surface area contributed by atoms with Gasteiger partial charge in [-0.3, -0.25) is 4.79 Å². The van der Waals surface area contributed by atoms with Gasteiger partial charge < -0.3 is 10.2 Å². The molecule has 7 heteroatoms. The SMILES string of the molecule is C[C@@H]1C[C@@H](C)CN(CCCCNC(=O)C2CCN(S(=O)(=O)c3ccc4c(c3)CCC4)CC2)C1. The second-order valence-corrected chi connectivity index (χ2v) is 12.6. The van der Waals surface area contributed by atoms with Crippen LogP contribution in [0.2, 0.25) is 0 Å². The van der Waals surface area contributed by atoms with Crippen molar-refractivity contribution >= 4 is 15.9 Å². The van der Waals surface area contributed by atoms with E-state index >= 15 is 0 Å². The van der Waals surface area contributed by atoms with Crippen molar-refractivity contribution < 1.29 is 13.2 Å². The first-order chi connectivity index (χ1) is 15.8. The molecule has 0 radical (unpaired) electrons. The fourth-order valence-electron chi connectivity index (χ4n) is 6.01. The van der Waals surface area contributed by atoms with Gasteiger partial charge in [0.15, 0.2) is 0 Å².